The molecule has 0 bridgehead atoms. The number of aliphatic hydroxyl groups is 1. The molecular formula is C21H34N2O2. The third-order valence-electron chi connectivity index (χ3n) is 5.03. The molecule has 1 aliphatic heterocycles. The van der Waals surface area contributed by atoms with Gasteiger partial charge in [0.15, 0.2) is 0 Å². The Bertz CT molecular complexity index is 501. The van der Waals surface area contributed by atoms with Gasteiger partial charge >= 0.3 is 0 Å². The smallest absolute Gasteiger partial charge is 0.239 e. The SMILES string of the molecule is CCCCCCCCc1ccc(CCNC(=O)[C@H]2NCC[C@@H]2O)cc1. The summed E-state index contributed by atoms with van der Waals surface area (Å²) in [5.41, 5.74) is 2.65. The fourth-order valence-electron chi connectivity index (χ4n) is 3.38. The molecule has 25 heavy (non-hydrogen) atoms. The van der Waals surface area contributed by atoms with Crippen molar-refractivity contribution < 1.29 is 9.90 Å². The Kier molecular flexibility index (Phi) is 8.98. The number of carbonyl (C=O) groups excluding carboxylic acids is 1. The monoisotopic (exact) mass is 346 g/mol. The second-order valence-electron chi connectivity index (χ2n) is 7.16. The van der Waals surface area contributed by atoms with Crippen LogP contribution in [0.2, 0.25) is 0 Å². The van der Waals surface area contributed by atoms with Crippen molar-refractivity contribution in [3.8, 4) is 0 Å². The quantitative estimate of drug-likeness (QED) is 0.540. The van der Waals surface area contributed by atoms with E-state index in [-0.39, 0.29) is 5.91 Å². The first-order valence-electron chi connectivity index (χ1n) is 9.97. The molecule has 1 fully saturated rings. The summed E-state index contributed by atoms with van der Waals surface area (Å²) >= 11 is 0. The van der Waals surface area contributed by atoms with Gasteiger partial charge in [-0.05, 0) is 43.4 Å². The number of hydrogen-bond acceptors (Lipinski definition) is 3. The fourth-order valence-corrected chi connectivity index (χ4v) is 3.38. The van der Waals surface area contributed by atoms with Gasteiger partial charge in [-0.25, -0.2) is 0 Å². The molecule has 0 aliphatic carbocycles. The van der Waals surface area contributed by atoms with Crippen LogP contribution >= 0.6 is 0 Å². The second-order valence-corrected chi connectivity index (χ2v) is 7.16. The van der Waals surface area contributed by atoms with Crippen LogP contribution in [0.25, 0.3) is 0 Å². The number of hydrogen-bond donors (Lipinski definition) is 3. The number of benzene rings is 1. The van der Waals surface area contributed by atoms with Crippen LogP contribution in [0.15, 0.2) is 24.3 Å². The summed E-state index contributed by atoms with van der Waals surface area (Å²) in [6.07, 6.45) is 10.1. The topological polar surface area (TPSA) is 61.4 Å². The molecule has 1 aromatic carbocycles. The van der Waals surface area contributed by atoms with Crippen LogP contribution < -0.4 is 10.6 Å². The highest BCUT2D eigenvalue weighted by Crippen LogP contribution is 2.11. The van der Waals surface area contributed by atoms with Gasteiger partial charge in [0.2, 0.25) is 5.91 Å². The van der Waals surface area contributed by atoms with E-state index in [9.17, 15) is 9.90 Å². The molecule has 0 spiro atoms. The Morgan fingerprint density at radius 3 is 2.36 bits per heavy atom. The van der Waals surface area contributed by atoms with E-state index in [0.717, 1.165) is 12.8 Å². The van der Waals surface area contributed by atoms with Crippen LogP contribution in [0.3, 0.4) is 0 Å². The van der Waals surface area contributed by atoms with Gasteiger partial charge in [0, 0.05) is 6.54 Å². The minimum Gasteiger partial charge on any atom is -0.391 e. The molecular weight excluding hydrogens is 312 g/mol. The van der Waals surface area contributed by atoms with Gasteiger partial charge < -0.3 is 15.7 Å². The molecule has 140 valence electrons. The first-order chi connectivity index (χ1) is 12.2. The Morgan fingerprint density at radius 1 is 1.08 bits per heavy atom. The average molecular weight is 347 g/mol. The van der Waals surface area contributed by atoms with Crippen LogP contribution in [0.1, 0.15) is 63.0 Å². The average Bonchev–Trinajstić information content (AvgIpc) is 3.05. The number of unbranched alkanes of at least 4 members (excludes halogenated alkanes) is 5. The maximum absolute atomic E-state index is 12.0. The zero-order chi connectivity index (χ0) is 17.9. The van der Waals surface area contributed by atoms with Gasteiger partial charge in [-0.1, -0.05) is 63.3 Å². The second kappa shape index (κ2) is 11.3. The van der Waals surface area contributed by atoms with E-state index in [1.54, 1.807) is 0 Å². The highest BCUT2D eigenvalue weighted by molar-refractivity contribution is 5.82. The van der Waals surface area contributed by atoms with E-state index in [0.29, 0.717) is 19.5 Å². The minimum atomic E-state index is -0.554. The Hall–Kier alpha value is -1.39. The van der Waals surface area contributed by atoms with Crippen LogP contribution in [0, 0.1) is 0 Å². The molecule has 3 N–H and O–H groups in total. The highest BCUT2D eigenvalue weighted by atomic mass is 16.3. The maximum Gasteiger partial charge on any atom is 0.239 e. The highest BCUT2D eigenvalue weighted by Gasteiger charge is 2.30. The summed E-state index contributed by atoms with van der Waals surface area (Å²) in [5.74, 6) is -0.0929. The van der Waals surface area contributed by atoms with E-state index in [1.165, 1.54) is 49.7 Å². The van der Waals surface area contributed by atoms with Crippen LogP contribution in [0.4, 0.5) is 0 Å². The summed E-state index contributed by atoms with van der Waals surface area (Å²) < 4.78 is 0. The molecule has 1 heterocycles. The lowest BCUT2D eigenvalue weighted by Gasteiger charge is -2.14. The predicted molar refractivity (Wildman–Crippen MR) is 103 cm³/mol. The van der Waals surface area contributed by atoms with E-state index < -0.39 is 12.1 Å². The van der Waals surface area contributed by atoms with Crippen LogP contribution in [-0.4, -0.2) is 36.2 Å². The van der Waals surface area contributed by atoms with Crippen molar-refractivity contribution in [2.75, 3.05) is 13.1 Å². The van der Waals surface area contributed by atoms with Crippen molar-refractivity contribution in [2.24, 2.45) is 0 Å². The molecule has 2 atom stereocenters. The van der Waals surface area contributed by atoms with Crippen molar-refractivity contribution >= 4 is 5.91 Å². The predicted octanol–water partition coefficient (Wildman–Crippen LogP) is 2.97. The van der Waals surface area contributed by atoms with E-state index in [2.05, 4.69) is 41.8 Å². The lowest BCUT2D eigenvalue weighted by atomic mass is 10.0. The van der Waals surface area contributed by atoms with Crippen LogP contribution in [0.5, 0.6) is 0 Å². The maximum atomic E-state index is 12.0. The van der Waals surface area contributed by atoms with Gasteiger partial charge in [0.05, 0.1) is 6.10 Å². The number of aryl methyl sites for hydroxylation is 1. The molecule has 2 rings (SSSR count). The summed E-state index contributed by atoms with van der Waals surface area (Å²) in [4.78, 5) is 12.0. The van der Waals surface area contributed by atoms with Crippen molar-refractivity contribution in [3.05, 3.63) is 35.4 Å². The summed E-state index contributed by atoms with van der Waals surface area (Å²) in [6, 6.07) is 8.32. The van der Waals surface area contributed by atoms with Crippen LogP contribution in [-0.2, 0) is 17.6 Å². The number of carbonyl (C=O) groups is 1. The molecule has 4 heteroatoms. The summed E-state index contributed by atoms with van der Waals surface area (Å²) in [6.45, 7) is 3.57. The molecule has 1 aromatic rings. The fraction of sp³-hybridized carbons (Fsp3) is 0.667. The third-order valence-corrected chi connectivity index (χ3v) is 5.03. The summed E-state index contributed by atoms with van der Waals surface area (Å²) in [5, 5.41) is 15.7. The first kappa shape index (κ1) is 19.9. The number of aliphatic hydroxyl groups excluding tert-OH is 1. The normalized spacial score (nSPS) is 19.9. The lowest BCUT2D eigenvalue weighted by Crippen LogP contribution is -2.46. The molecule has 0 saturated carbocycles. The Balaban J connectivity index is 1.60. The molecule has 1 aliphatic rings. The third kappa shape index (κ3) is 7.17. The van der Waals surface area contributed by atoms with Gasteiger partial charge in [-0.3, -0.25) is 4.79 Å². The summed E-state index contributed by atoms with van der Waals surface area (Å²) in [7, 11) is 0. The van der Waals surface area contributed by atoms with Gasteiger partial charge in [0.25, 0.3) is 0 Å². The lowest BCUT2D eigenvalue weighted by molar-refractivity contribution is -0.124. The van der Waals surface area contributed by atoms with Gasteiger partial charge in [-0.2, -0.15) is 0 Å². The molecule has 0 unspecified atom stereocenters. The standard InChI is InChI=1S/C21H34N2O2/c1-2-3-4-5-6-7-8-17-9-11-18(12-10-17)13-15-23-21(25)20-19(24)14-16-22-20/h9-12,19-20,22,24H,2-8,13-16H2,1H3,(H,23,25)/t19-,20-/m0/s1. The molecule has 0 radical (unpaired) electrons. The number of nitrogens with one attached hydrogen (secondary N) is 2. The first-order valence-corrected chi connectivity index (χ1v) is 9.97. The van der Waals surface area contributed by atoms with E-state index in [4.69, 9.17) is 0 Å². The molecule has 4 nitrogen and oxygen atoms in total. The van der Waals surface area contributed by atoms with Crippen molar-refractivity contribution in [1.29, 1.82) is 0 Å². The number of amides is 1. The molecule has 0 aromatic heterocycles. The van der Waals surface area contributed by atoms with Crippen molar-refractivity contribution in [1.82, 2.24) is 10.6 Å². The Labute approximate surface area is 152 Å². The van der Waals surface area contributed by atoms with Gasteiger partial charge in [-0.15, -0.1) is 0 Å². The minimum absolute atomic E-state index is 0.0929. The zero-order valence-electron chi connectivity index (χ0n) is 15.6. The molecule has 1 saturated heterocycles. The van der Waals surface area contributed by atoms with Crippen molar-refractivity contribution in [3.63, 3.8) is 0 Å². The zero-order valence-corrected chi connectivity index (χ0v) is 15.6. The molecule has 1 amide bonds. The van der Waals surface area contributed by atoms with Gasteiger partial charge in [0.1, 0.15) is 6.04 Å². The Morgan fingerprint density at radius 2 is 1.72 bits per heavy atom. The number of rotatable bonds is 11. The van der Waals surface area contributed by atoms with Crippen molar-refractivity contribution in [2.45, 2.75) is 76.9 Å². The van der Waals surface area contributed by atoms with E-state index >= 15 is 0 Å². The largest absolute Gasteiger partial charge is 0.391 e. The van der Waals surface area contributed by atoms with E-state index in [1.807, 2.05) is 0 Å².